The molecule has 1 aliphatic heterocycles. The normalized spacial score (nSPS) is 25.6. The van der Waals surface area contributed by atoms with Gasteiger partial charge >= 0.3 is 0 Å². The van der Waals surface area contributed by atoms with Crippen LogP contribution in [0.4, 0.5) is 5.69 Å². The van der Waals surface area contributed by atoms with E-state index in [2.05, 4.69) is 17.5 Å². The second-order valence-electron chi connectivity index (χ2n) is 4.81. The lowest BCUT2D eigenvalue weighted by molar-refractivity contribution is 0.311. The highest BCUT2D eigenvalue weighted by atomic mass is 35.5. The Morgan fingerprint density at radius 1 is 1.32 bits per heavy atom. The molecule has 1 heterocycles. The van der Waals surface area contributed by atoms with E-state index in [-0.39, 0.29) is 6.04 Å². The number of allylic oxidation sites excluding steroid dienone is 1. The molecule has 0 spiro atoms. The minimum absolute atomic E-state index is 0.0475. The van der Waals surface area contributed by atoms with Gasteiger partial charge in [-0.05, 0) is 37.5 Å². The second kappa shape index (κ2) is 4.81. The summed E-state index contributed by atoms with van der Waals surface area (Å²) in [5.41, 5.74) is 0.593. The summed E-state index contributed by atoms with van der Waals surface area (Å²) in [6.07, 6.45) is 6.75. The minimum atomic E-state index is -3.42. The van der Waals surface area contributed by atoms with Crippen molar-refractivity contribution in [2.45, 2.75) is 30.2 Å². The molecular formula is C13H15ClN2O2S. The van der Waals surface area contributed by atoms with Gasteiger partial charge in [0.1, 0.15) is 4.90 Å². The highest BCUT2D eigenvalue weighted by Crippen LogP contribution is 2.34. The first kappa shape index (κ1) is 13.0. The van der Waals surface area contributed by atoms with Crippen molar-refractivity contribution in [2.75, 3.05) is 12.0 Å². The number of anilines is 1. The van der Waals surface area contributed by atoms with Gasteiger partial charge in [0.05, 0.1) is 12.4 Å². The molecule has 3 rings (SSSR count). The van der Waals surface area contributed by atoms with Crippen LogP contribution in [0.25, 0.3) is 0 Å². The second-order valence-corrected chi connectivity index (χ2v) is 7.10. The summed E-state index contributed by atoms with van der Waals surface area (Å²) in [5, 5.41) is 3.68. The summed E-state index contributed by atoms with van der Waals surface area (Å²) >= 11 is 5.90. The molecule has 1 aromatic rings. The van der Waals surface area contributed by atoms with Crippen LogP contribution in [0, 0.1) is 0 Å². The van der Waals surface area contributed by atoms with E-state index in [0.717, 1.165) is 19.3 Å². The maximum Gasteiger partial charge on any atom is 0.246 e. The molecule has 0 bridgehead atoms. The lowest BCUT2D eigenvalue weighted by Gasteiger charge is -2.35. The van der Waals surface area contributed by atoms with Crippen LogP contribution >= 0.6 is 11.6 Å². The summed E-state index contributed by atoms with van der Waals surface area (Å²) in [6.45, 7) is 0.314. The number of hydrogen-bond donors (Lipinski definition) is 1. The van der Waals surface area contributed by atoms with Crippen LogP contribution in [0.5, 0.6) is 0 Å². The van der Waals surface area contributed by atoms with E-state index < -0.39 is 10.0 Å². The van der Waals surface area contributed by atoms with E-state index >= 15 is 0 Å². The fourth-order valence-electron chi connectivity index (χ4n) is 2.60. The van der Waals surface area contributed by atoms with Gasteiger partial charge in [-0.25, -0.2) is 8.42 Å². The summed E-state index contributed by atoms with van der Waals surface area (Å²) in [4.78, 5) is 0.317. The summed E-state index contributed by atoms with van der Waals surface area (Å²) < 4.78 is 26.8. The third-order valence-electron chi connectivity index (χ3n) is 3.60. The molecule has 0 saturated carbocycles. The van der Waals surface area contributed by atoms with Crippen molar-refractivity contribution < 1.29 is 8.42 Å². The van der Waals surface area contributed by atoms with Gasteiger partial charge in [-0.1, -0.05) is 23.8 Å². The lowest BCUT2D eigenvalue weighted by atomic mass is 10.0. The van der Waals surface area contributed by atoms with Gasteiger partial charge in [-0.15, -0.1) is 0 Å². The zero-order valence-corrected chi connectivity index (χ0v) is 11.9. The molecule has 0 saturated heterocycles. The monoisotopic (exact) mass is 298 g/mol. The molecule has 4 nitrogen and oxygen atoms in total. The predicted molar refractivity (Wildman–Crippen MR) is 75.7 cm³/mol. The molecule has 2 aliphatic rings. The maximum absolute atomic E-state index is 12.6. The molecule has 0 fully saturated rings. The van der Waals surface area contributed by atoms with Crippen molar-refractivity contribution in [1.29, 1.82) is 0 Å². The summed E-state index contributed by atoms with van der Waals surface area (Å²) in [6, 6.07) is 4.90. The molecule has 1 atom stereocenters. The zero-order valence-electron chi connectivity index (χ0n) is 10.3. The molecule has 1 N–H and O–H groups in total. The third-order valence-corrected chi connectivity index (χ3v) is 5.79. The fraction of sp³-hybridized carbons (Fsp3) is 0.385. The van der Waals surface area contributed by atoms with Gasteiger partial charge in [0, 0.05) is 11.1 Å². The van der Waals surface area contributed by atoms with E-state index in [4.69, 9.17) is 11.6 Å². The molecule has 1 aliphatic carbocycles. The number of hydrogen-bond acceptors (Lipinski definition) is 3. The predicted octanol–water partition coefficient (Wildman–Crippen LogP) is 2.82. The Bertz CT molecular complexity index is 628. The first-order chi connectivity index (χ1) is 9.09. The number of nitrogens with one attached hydrogen (secondary N) is 1. The third kappa shape index (κ3) is 2.26. The maximum atomic E-state index is 12.6. The van der Waals surface area contributed by atoms with Crippen LogP contribution in [-0.2, 0) is 10.0 Å². The van der Waals surface area contributed by atoms with Crippen molar-refractivity contribution in [3.05, 3.63) is 35.4 Å². The number of halogens is 1. The van der Waals surface area contributed by atoms with Crippen LogP contribution in [0.1, 0.15) is 19.3 Å². The van der Waals surface area contributed by atoms with Gasteiger partial charge in [-0.2, -0.15) is 4.31 Å². The molecule has 0 aromatic heterocycles. The Balaban J connectivity index is 1.99. The largest absolute Gasteiger partial charge is 0.370 e. The Labute approximate surface area is 118 Å². The quantitative estimate of drug-likeness (QED) is 0.811. The number of nitrogens with zero attached hydrogens (tertiary/aromatic N) is 1. The first-order valence-electron chi connectivity index (χ1n) is 6.29. The Morgan fingerprint density at radius 3 is 2.89 bits per heavy atom. The smallest absolute Gasteiger partial charge is 0.246 e. The van der Waals surface area contributed by atoms with Gasteiger partial charge in [0.15, 0.2) is 0 Å². The van der Waals surface area contributed by atoms with Crippen LogP contribution in [-0.4, -0.2) is 25.4 Å². The van der Waals surface area contributed by atoms with Gasteiger partial charge in [0.2, 0.25) is 10.0 Å². The highest BCUT2D eigenvalue weighted by Gasteiger charge is 2.36. The van der Waals surface area contributed by atoms with E-state index in [9.17, 15) is 8.42 Å². The zero-order chi connectivity index (χ0) is 13.5. The molecule has 0 amide bonds. The Morgan fingerprint density at radius 2 is 2.16 bits per heavy atom. The molecule has 102 valence electrons. The number of benzene rings is 1. The number of fused-ring (bicyclic) bond motifs is 1. The van der Waals surface area contributed by atoms with Crippen molar-refractivity contribution in [3.8, 4) is 0 Å². The highest BCUT2D eigenvalue weighted by molar-refractivity contribution is 7.89. The lowest BCUT2D eigenvalue weighted by Crippen LogP contribution is -2.46. The molecule has 1 aromatic carbocycles. The van der Waals surface area contributed by atoms with Crippen molar-refractivity contribution in [2.24, 2.45) is 0 Å². The SMILES string of the molecule is O=S1(=O)c2ccc(Cl)cc2NCN1C1CC=CCC1. The molecular weight excluding hydrogens is 284 g/mol. The molecule has 1 unspecified atom stereocenters. The molecule has 6 heteroatoms. The Kier molecular flexibility index (Phi) is 3.28. The fourth-order valence-corrected chi connectivity index (χ4v) is 4.50. The minimum Gasteiger partial charge on any atom is -0.370 e. The average Bonchev–Trinajstić information content (AvgIpc) is 2.39. The van der Waals surface area contributed by atoms with Crippen LogP contribution in [0.3, 0.4) is 0 Å². The average molecular weight is 299 g/mol. The summed E-state index contributed by atoms with van der Waals surface area (Å²) in [7, 11) is -3.42. The van der Waals surface area contributed by atoms with Crippen molar-refractivity contribution >= 4 is 27.3 Å². The van der Waals surface area contributed by atoms with Crippen LogP contribution < -0.4 is 5.32 Å². The molecule has 0 radical (unpaired) electrons. The topological polar surface area (TPSA) is 49.4 Å². The van der Waals surface area contributed by atoms with E-state index in [0.29, 0.717) is 22.3 Å². The standard InChI is InChI=1S/C13H15ClN2O2S/c14-10-6-7-13-12(8-10)15-9-16(19(13,17)18)11-4-2-1-3-5-11/h1-2,6-8,11,15H,3-5,9H2. The van der Waals surface area contributed by atoms with Gasteiger partial charge in [0.25, 0.3) is 0 Å². The van der Waals surface area contributed by atoms with E-state index in [1.165, 1.54) is 0 Å². The number of sulfonamides is 1. The van der Waals surface area contributed by atoms with Crippen LogP contribution in [0.2, 0.25) is 5.02 Å². The van der Waals surface area contributed by atoms with E-state index in [1.807, 2.05) is 0 Å². The van der Waals surface area contributed by atoms with Crippen molar-refractivity contribution in [3.63, 3.8) is 0 Å². The van der Waals surface area contributed by atoms with Crippen LogP contribution in [0.15, 0.2) is 35.2 Å². The van der Waals surface area contributed by atoms with Gasteiger partial charge in [-0.3, -0.25) is 0 Å². The number of rotatable bonds is 1. The van der Waals surface area contributed by atoms with Gasteiger partial charge < -0.3 is 5.32 Å². The Hall–Kier alpha value is -1.04. The first-order valence-corrected chi connectivity index (χ1v) is 8.11. The summed E-state index contributed by atoms with van der Waals surface area (Å²) in [5.74, 6) is 0. The van der Waals surface area contributed by atoms with E-state index in [1.54, 1.807) is 22.5 Å². The molecule has 19 heavy (non-hydrogen) atoms. The van der Waals surface area contributed by atoms with Crippen molar-refractivity contribution in [1.82, 2.24) is 4.31 Å².